The van der Waals surface area contributed by atoms with Gasteiger partial charge in [0.2, 0.25) is 5.91 Å². The first-order valence-electron chi connectivity index (χ1n) is 6.96. The lowest BCUT2D eigenvalue weighted by atomic mass is 10.2. The number of carbonyl (C=O) groups is 1. The largest absolute Gasteiger partial charge is 0.378 e. The molecule has 0 saturated carbocycles. The van der Waals surface area contributed by atoms with E-state index in [-0.39, 0.29) is 17.7 Å². The zero-order valence-corrected chi connectivity index (χ0v) is 12.6. The summed E-state index contributed by atoms with van der Waals surface area (Å²) in [6.45, 7) is 1.96. The molecule has 6 nitrogen and oxygen atoms in total. The lowest BCUT2D eigenvalue weighted by molar-refractivity contribution is -0.125. The fourth-order valence-corrected chi connectivity index (χ4v) is 3.41. The molecule has 1 amide bonds. The minimum Gasteiger partial charge on any atom is -0.378 e. The van der Waals surface area contributed by atoms with Crippen molar-refractivity contribution in [1.82, 2.24) is 10.6 Å². The van der Waals surface area contributed by atoms with Crippen LogP contribution in [0.2, 0.25) is 0 Å². The zero-order chi connectivity index (χ0) is 15.1. The smallest absolute Gasteiger partial charge is 0.239 e. The molecule has 1 aliphatic rings. The maximum Gasteiger partial charge on any atom is 0.239 e. The van der Waals surface area contributed by atoms with Gasteiger partial charge in [-0.25, -0.2) is 8.42 Å². The average Bonchev–Trinajstić information content (AvgIpc) is 2.53. The van der Waals surface area contributed by atoms with Gasteiger partial charge < -0.3 is 15.4 Å². The number of benzene rings is 1. The highest BCUT2D eigenvalue weighted by atomic mass is 32.2. The molecule has 0 aliphatic carbocycles. The zero-order valence-electron chi connectivity index (χ0n) is 11.7. The molecule has 1 fully saturated rings. The maximum atomic E-state index is 12.0. The number of amides is 1. The third-order valence-electron chi connectivity index (χ3n) is 3.23. The molecule has 1 aliphatic heterocycles. The number of morpholine rings is 1. The van der Waals surface area contributed by atoms with E-state index in [9.17, 15) is 13.2 Å². The summed E-state index contributed by atoms with van der Waals surface area (Å²) in [5.41, 5.74) is 0. The molecule has 116 valence electrons. The molecule has 21 heavy (non-hydrogen) atoms. The summed E-state index contributed by atoms with van der Waals surface area (Å²) in [6, 6.07) is 7.99. The van der Waals surface area contributed by atoms with Crippen molar-refractivity contribution < 1.29 is 17.9 Å². The van der Waals surface area contributed by atoms with Crippen molar-refractivity contribution in [3.05, 3.63) is 30.3 Å². The first-order valence-corrected chi connectivity index (χ1v) is 8.61. The van der Waals surface area contributed by atoms with Gasteiger partial charge in [0.05, 0.1) is 23.9 Å². The van der Waals surface area contributed by atoms with Crippen LogP contribution >= 0.6 is 0 Å². The third kappa shape index (κ3) is 4.80. The summed E-state index contributed by atoms with van der Waals surface area (Å²) in [6.07, 6.45) is 0.385. The van der Waals surface area contributed by atoms with Crippen LogP contribution in [0.15, 0.2) is 35.2 Å². The highest BCUT2D eigenvalue weighted by Crippen LogP contribution is 2.10. The minimum absolute atomic E-state index is 0.0197. The first kappa shape index (κ1) is 15.9. The van der Waals surface area contributed by atoms with Crippen LogP contribution in [-0.4, -0.2) is 52.4 Å². The minimum atomic E-state index is -3.27. The molecule has 1 unspecified atom stereocenters. The van der Waals surface area contributed by atoms with Gasteiger partial charge in [0.1, 0.15) is 6.04 Å². The summed E-state index contributed by atoms with van der Waals surface area (Å²) in [4.78, 5) is 12.1. The van der Waals surface area contributed by atoms with E-state index in [1.165, 1.54) is 0 Å². The molecular formula is C14H20N2O4S. The Balaban J connectivity index is 1.73. The van der Waals surface area contributed by atoms with Crippen LogP contribution in [0.1, 0.15) is 6.42 Å². The third-order valence-corrected chi connectivity index (χ3v) is 5.05. The molecule has 2 N–H and O–H groups in total. The van der Waals surface area contributed by atoms with E-state index < -0.39 is 9.84 Å². The average molecular weight is 312 g/mol. The monoisotopic (exact) mass is 312 g/mol. The normalized spacial score (nSPS) is 19.1. The highest BCUT2D eigenvalue weighted by Gasteiger charge is 2.20. The summed E-state index contributed by atoms with van der Waals surface area (Å²) in [5.74, 6) is -0.127. The van der Waals surface area contributed by atoms with Gasteiger partial charge in [-0.1, -0.05) is 18.2 Å². The Morgan fingerprint density at radius 1 is 1.33 bits per heavy atom. The molecule has 0 radical (unpaired) electrons. The van der Waals surface area contributed by atoms with Crippen molar-refractivity contribution in [2.75, 3.05) is 32.1 Å². The second-order valence-electron chi connectivity index (χ2n) is 4.86. The molecule has 2 rings (SSSR count). The number of rotatable bonds is 6. The lowest BCUT2D eigenvalue weighted by Gasteiger charge is -2.22. The number of carbonyl (C=O) groups excluding carboxylic acids is 1. The van der Waals surface area contributed by atoms with Crippen LogP contribution in [0.3, 0.4) is 0 Å². The predicted molar refractivity (Wildman–Crippen MR) is 78.7 cm³/mol. The first-order chi connectivity index (χ1) is 10.1. The van der Waals surface area contributed by atoms with E-state index in [2.05, 4.69) is 10.6 Å². The van der Waals surface area contributed by atoms with Crippen molar-refractivity contribution in [2.24, 2.45) is 0 Å². The molecule has 0 bridgehead atoms. The molecule has 0 aromatic heterocycles. The van der Waals surface area contributed by atoms with Crippen molar-refractivity contribution >= 4 is 15.7 Å². The van der Waals surface area contributed by atoms with Crippen LogP contribution in [0.4, 0.5) is 0 Å². The Morgan fingerprint density at radius 3 is 2.76 bits per heavy atom. The van der Waals surface area contributed by atoms with Gasteiger partial charge in [0.15, 0.2) is 9.84 Å². The second kappa shape index (κ2) is 7.53. The molecule has 0 spiro atoms. The molecule has 7 heteroatoms. The number of hydrogen-bond acceptors (Lipinski definition) is 5. The topological polar surface area (TPSA) is 84.5 Å². The molecule has 1 aromatic rings. The summed E-state index contributed by atoms with van der Waals surface area (Å²) >= 11 is 0. The number of hydrogen-bond donors (Lipinski definition) is 2. The molecule has 1 saturated heterocycles. The lowest BCUT2D eigenvalue weighted by Crippen LogP contribution is -2.51. The van der Waals surface area contributed by atoms with Gasteiger partial charge >= 0.3 is 0 Å². The predicted octanol–water partition coefficient (Wildman–Crippen LogP) is -0.0450. The van der Waals surface area contributed by atoms with Gasteiger partial charge in [0, 0.05) is 13.1 Å². The van der Waals surface area contributed by atoms with Crippen molar-refractivity contribution in [3.63, 3.8) is 0 Å². The van der Waals surface area contributed by atoms with Crippen LogP contribution in [0, 0.1) is 0 Å². The van der Waals surface area contributed by atoms with E-state index in [4.69, 9.17) is 4.74 Å². The fraction of sp³-hybridized carbons (Fsp3) is 0.500. The van der Waals surface area contributed by atoms with E-state index in [1.807, 2.05) is 0 Å². The maximum absolute atomic E-state index is 12.0. The van der Waals surface area contributed by atoms with Crippen molar-refractivity contribution in [1.29, 1.82) is 0 Å². The van der Waals surface area contributed by atoms with E-state index in [0.29, 0.717) is 37.6 Å². The number of nitrogens with one attached hydrogen (secondary N) is 2. The van der Waals surface area contributed by atoms with E-state index in [1.54, 1.807) is 30.3 Å². The van der Waals surface area contributed by atoms with E-state index in [0.717, 1.165) is 0 Å². The summed E-state index contributed by atoms with van der Waals surface area (Å²) in [5, 5.41) is 5.78. The van der Waals surface area contributed by atoms with Gasteiger partial charge in [-0.2, -0.15) is 0 Å². The Bertz CT molecular complexity index is 554. The fourth-order valence-electron chi connectivity index (χ4n) is 2.08. The van der Waals surface area contributed by atoms with Gasteiger partial charge in [0.25, 0.3) is 0 Å². The van der Waals surface area contributed by atoms with Crippen molar-refractivity contribution in [3.8, 4) is 0 Å². The van der Waals surface area contributed by atoms with Gasteiger partial charge in [-0.3, -0.25) is 4.79 Å². The Kier molecular flexibility index (Phi) is 5.72. The van der Waals surface area contributed by atoms with E-state index >= 15 is 0 Å². The molecular weight excluding hydrogens is 292 g/mol. The van der Waals surface area contributed by atoms with Crippen LogP contribution < -0.4 is 10.6 Å². The number of ether oxygens (including phenoxy) is 1. The van der Waals surface area contributed by atoms with Gasteiger partial charge in [-0.05, 0) is 18.6 Å². The summed E-state index contributed by atoms with van der Waals surface area (Å²) < 4.78 is 29.3. The molecule has 1 atom stereocenters. The quantitative estimate of drug-likeness (QED) is 0.720. The van der Waals surface area contributed by atoms with Crippen LogP contribution in [0.25, 0.3) is 0 Å². The Hall–Kier alpha value is -1.44. The van der Waals surface area contributed by atoms with Crippen LogP contribution in [-0.2, 0) is 19.4 Å². The Morgan fingerprint density at radius 2 is 2.10 bits per heavy atom. The standard InChI is InChI=1S/C14H20N2O4S/c17-14(13-11-20-9-8-15-13)16-7-4-10-21(18,19)12-5-2-1-3-6-12/h1-3,5-6,13,15H,4,7-11H2,(H,16,17). The highest BCUT2D eigenvalue weighted by molar-refractivity contribution is 7.91. The Labute approximate surface area is 124 Å². The molecule has 1 aromatic carbocycles. The van der Waals surface area contributed by atoms with Gasteiger partial charge in [-0.15, -0.1) is 0 Å². The summed E-state index contributed by atoms with van der Waals surface area (Å²) in [7, 11) is -3.27. The molecule has 1 heterocycles. The second-order valence-corrected chi connectivity index (χ2v) is 6.97. The van der Waals surface area contributed by atoms with Crippen LogP contribution in [0.5, 0.6) is 0 Å². The number of sulfone groups is 1. The SMILES string of the molecule is O=C(NCCCS(=O)(=O)c1ccccc1)C1COCCN1. The van der Waals surface area contributed by atoms with Crippen molar-refractivity contribution in [2.45, 2.75) is 17.4 Å².